The van der Waals surface area contributed by atoms with E-state index in [9.17, 15) is 18.0 Å². The third-order valence-corrected chi connectivity index (χ3v) is 3.56. The molecule has 1 amide bonds. The number of amides is 1. The molecule has 1 fully saturated rings. The molecule has 1 aliphatic heterocycles. The van der Waals surface area contributed by atoms with Gasteiger partial charge in [-0.2, -0.15) is 13.2 Å². The minimum absolute atomic E-state index is 0.0366. The lowest BCUT2D eigenvalue weighted by Gasteiger charge is -2.36. The summed E-state index contributed by atoms with van der Waals surface area (Å²) in [5.41, 5.74) is 1.90. The van der Waals surface area contributed by atoms with Crippen molar-refractivity contribution in [1.82, 2.24) is 4.90 Å². The number of piperazine rings is 1. The summed E-state index contributed by atoms with van der Waals surface area (Å²) in [6.45, 7) is 7.16. The van der Waals surface area contributed by atoms with E-state index < -0.39 is 12.1 Å². The molecule has 23 heavy (non-hydrogen) atoms. The Morgan fingerprint density at radius 3 is 1.96 bits per heavy atom. The van der Waals surface area contributed by atoms with Gasteiger partial charge >= 0.3 is 12.1 Å². The number of nitrogens with one attached hydrogen (secondary N) is 1. The van der Waals surface area contributed by atoms with Crippen molar-refractivity contribution in [2.45, 2.75) is 32.5 Å². The van der Waals surface area contributed by atoms with Crippen LogP contribution in [0.5, 0.6) is 0 Å². The summed E-state index contributed by atoms with van der Waals surface area (Å²) in [7, 11) is 0. The van der Waals surface area contributed by atoms with Crippen LogP contribution in [0.15, 0.2) is 24.3 Å². The van der Waals surface area contributed by atoms with Gasteiger partial charge in [-0.15, -0.1) is 0 Å². The summed E-state index contributed by atoms with van der Waals surface area (Å²) >= 11 is 0. The third-order valence-electron chi connectivity index (χ3n) is 3.56. The molecule has 0 spiro atoms. The molecule has 1 heterocycles. The van der Waals surface area contributed by atoms with Crippen LogP contribution in [0.25, 0.3) is 0 Å². The van der Waals surface area contributed by atoms with Crippen LogP contribution in [-0.4, -0.2) is 48.7 Å². The monoisotopic (exact) mass is 329 g/mol. The highest BCUT2D eigenvalue weighted by Crippen LogP contribution is 2.23. The SMILES string of the molecule is CC(C)(C)Nc1ccc(N2CCN(C(=O)C(F)(F)F)CC2)cc1. The molecule has 4 nitrogen and oxygen atoms in total. The first-order valence-electron chi connectivity index (χ1n) is 7.55. The molecule has 7 heteroatoms. The first-order chi connectivity index (χ1) is 10.6. The molecule has 0 bridgehead atoms. The molecule has 2 rings (SSSR count). The van der Waals surface area contributed by atoms with Gasteiger partial charge in [0.25, 0.3) is 0 Å². The van der Waals surface area contributed by atoms with Crippen LogP contribution in [0.4, 0.5) is 24.5 Å². The average molecular weight is 329 g/mol. The molecular weight excluding hydrogens is 307 g/mol. The van der Waals surface area contributed by atoms with E-state index in [0.29, 0.717) is 13.1 Å². The van der Waals surface area contributed by atoms with Gasteiger partial charge in [0.05, 0.1) is 0 Å². The molecule has 1 aromatic carbocycles. The minimum Gasteiger partial charge on any atom is -0.380 e. The topological polar surface area (TPSA) is 35.6 Å². The summed E-state index contributed by atoms with van der Waals surface area (Å²) in [6.07, 6.45) is -4.79. The van der Waals surface area contributed by atoms with Crippen LogP contribution in [0.3, 0.4) is 0 Å². The van der Waals surface area contributed by atoms with Gasteiger partial charge in [0.1, 0.15) is 0 Å². The number of rotatable bonds is 2. The number of carbonyl (C=O) groups is 1. The number of hydrogen-bond donors (Lipinski definition) is 1. The third kappa shape index (κ3) is 4.77. The summed E-state index contributed by atoms with van der Waals surface area (Å²) < 4.78 is 37.3. The van der Waals surface area contributed by atoms with Gasteiger partial charge in [-0.25, -0.2) is 0 Å². The van der Waals surface area contributed by atoms with Crippen LogP contribution in [-0.2, 0) is 4.79 Å². The first kappa shape index (κ1) is 17.4. The van der Waals surface area contributed by atoms with Gasteiger partial charge in [-0.05, 0) is 45.0 Å². The molecule has 1 saturated heterocycles. The van der Waals surface area contributed by atoms with Gasteiger partial charge in [0, 0.05) is 43.1 Å². The maximum atomic E-state index is 12.4. The van der Waals surface area contributed by atoms with Crippen LogP contribution >= 0.6 is 0 Å². The van der Waals surface area contributed by atoms with Gasteiger partial charge in [0.15, 0.2) is 0 Å². The summed E-state index contributed by atoms with van der Waals surface area (Å²) in [5, 5.41) is 3.35. The van der Waals surface area contributed by atoms with E-state index >= 15 is 0 Å². The molecule has 0 aromatic heterocycles. The Balaban J connectivity index is 1.94. The molecule has 0 unspecified atom stereocenters. The highest BCUT2D eigenvalue weighted by atomic mass is 19.4. The van der Waals surface area contributed by atoms with Gasteiger partial charge in [-0.1, -0.05) is 0 Å². The zero-order valence-corrected chi connectivity index (χ0v) is 13.6. The molecule has 0 aliphatic carbocycles. The lowest BCUT2D eigenvalue weighted by Crippen LogP contribution is -2.52. The number of nitrogens with zero attached hydrogens (tertiary/aromatic N) is 2. The Hall–Kier alpha value is -1.92. The molecule has 1 aromatic rings. The van der Waals surface area contributed by atoms with Crippen LogP contribution < -0.4 is 10.2 Å². The number of carbonyl (C=O) groups excluding carboxylic acids is 1. The number of anilines is 2. The predicted octanol–water partition coefficient (Wildman–Crippen LogP) is 3.11. The van der Waals surface area contributed by atoms with E-state index in [-0.39, 0.29) is 18.6 Å². The van der Waals surface area contributed by atoms with Gasteiger partial charge in [-0.3, -0.25) is 4.79 Å². The second kappa shape index (κ2) is 6.29. The van der Waals surface area contributed by atoms with Crippen molar-refractivity contribution in [1.29, 1.82) is 0 Å². The second-order valence-corrected chi connectivity index (χ2v) is 6.70. The Morgan fingerprint density at radius 2 is 1.52 bits per heavy atom. The number of halogens is 3. The van der Waals surface area contributed by atoms with E-state index in [1.54, 1.807) is 0 Å². The van der Waals surface area contributed by atoms with Gasteiger partial charge < -0.3 is 15.1 Å². The van der Waals surface area contributed by atoms with Crippen LogP contribution in [0.1, 0.15) is 20.8 Å². The van der Waals surface area contributed by atoms with Crippen LogP contribution in [0, 0.1) is 0 Å². The molecule has 1 aliphatic rings. The highest BCUT2D eigenvalue weighted by Gasteiger charge is 2.43. The molecule has 128 valence electrons. The fourth-order valence-electron chi connectivity index (χ4n) is 2.54. The van der Waals surface area contributed by atoms with Crippen LogP contribution in [0.2, 0.25) is 0 Å². The normalized spacial score (nSPS) is 16.4. The zero-order chi connectivity index (χ0) is 17.3. The fourth-order valence-corrected chi connectivity index (χ4v) is 2.54. The molecule has 0 radical (unpaired) electrons. The lowest BCUT2D eigenvalue weighted by atomic mass is 10.1. The van der Waals surface area contributed by atoms with Crippen molar-refractivity contribution < 1.29 is 18.0 Å². The predicted molar refractivity (Wildman–Crippen MR) is 84.7 cm³/mol. The average Bonchev–Trinajstić information content (AvgIpc) is 2.45. The summed E-state index contributed by atoms with van der Waals surface area (Å²) in [5.74, 6) is -1.75. The quantitative estimate of drug-likeness (QED) is 0.906. The van der Waals surface area contributed by atoms with E-state index in [4.69, 9.17) is 0 Å². The molecular formula is C16H22F3N3O. The smallest absolute Gasteiger partial charge is 0.380 e. The summed E-state index contributed by atoms with van der Waals surface area (Å²) in [4.78, 5) is 14.1. The standard InChI is InChI=1S/C16H22F3N3O/c1-15(2,3)20-12-4-6-13(7-5-12)21-8-10-22(11-9-21)14(23)16(17,18)19/h4-7,20H,8-11H2,1-3H3. The van der Waals surface area contributed by atoms with Crippen molar-refractivity contribution in [2.75, 3.05) is 36.4 Å². The van der Waals surface area contributed by atoms with E-state index in [0.717, 1.165) is 16.3 Å². The number of alkyl halides is 3. The maximum Gasteiger partial charge on any atom is 0.471 e. The Bertz CT molecular complexity index is 541. The Morgan fingerprint density at radius 1 is 1.00 bits per heavy atom. The Kier molecular flexibility index (Phi) is 4.77. The van der Waals surface area contributed by atoms with E-state index in [2.05, 4.69) is 26.1 Å². The minimum atomic E-state index is -4.79. The van der Waals surface area contributed by atoms with Gasteiger partial charge in [0.2, 0.25) is 0 Å². The van der Waals surface area contributed by atoms with Crippen molar-refractivity contribution in [2.24, 2.45) is 0 Å². The van der Waals surface area contributed by atoms with Crippen molar-refractivity contribution in [3.8, 4) is 0 Å². The molecule has 1 N–H and O–H groups in total. The Labute approximate surface area is 134 Å². The fraction of sp³-hybridized carbons (Fsp3) is 0.562. The van der Waals surface area contributed by atoms with Crippen molar-refractivity contribution >= 4 is 17.3 Å². The maximum absolute atomic E-state index is 12.4. The zero-order valence-electron chi connectivity index (χ0n) is 13.6. The van der Waals surface area contributed by atoms with E-state index in [1.165, 1.54) is 0 Å². The second-order valence-electron chi connectivity index (χ2n) is 6.70. The van der Waals surface area contributed by atoms with Crippen molar-refractivity contribution in [3.05, 3.63) is 24.3 Å². The molecule has 0 saturated carbocycles. The summed E-state index contributed by atoms with van der Waals surface area (Å²) in [6, 6.07) is 7.78. The van der Waals surface area contributed by atoms with Crippen molar-refractivity contribution in [3.63, 3.8) is 0 Å². The first-order valence-corrected chi connectivity index (χ1v) is 7.55. The number of benzene rings is 1. The molecule has 0 atom stereocenters. The van der Waals surface area contributed by atoms with E-state index in [1.807, 2.05) is 29.2 Å². The number of hydrogen-bond acceptors (Lipinski definition) is 3. The highest BCUT2D eigenvalue weighted by molar-refractivity contribution is 5.82. The largest absolute Gasteiger partial charge is 0.471 e. The lowest BCUT2D eigenvalue weighted by molar-refractivity contribution is -0.185.